The molecule has 1 aliphatic heterocycles. The van der Waals surface area contributed by atoms with Crippen molar-refractivity contribution in [3.63, 3.8) is 0 Å². The minimum Gasteiger partial charge on any atom is -0.497 e. The van der Waals surface area contributed by atoms with Crippen molar-refractivity contribution in [1.29, 1.82) is 0 Å². The topological polar surface area (TPSA) is 67.9 Å². The number of methoxy groups -OCH3 is 2. The fourth-order valence-corrected chi connectivity index (χ4v) is 3.39. The molecule has 7 heteroatoms. The first-order valence-electron chi connectivity index (χ1n) is 9.24. The summed E-state index contributed by atoms with van der Waals surface area (Å²) in [4.78, 5) is 26.4. The molecule has 0 bridgehead atoms. The predicted molar refractivity (Wildman–Crippen MR) is 111 cm³/mol. The van der Waals surface area contributed by atoms with Gasteiger partial charge in [-0.15, -0.1) is 0 Å². The number of imide groups is 1. The van der Waals surface area contributed by atoms with Gasteiger partial charge >= 0.3 is 6.03 Å². The van der Waals surface area contributed by atoms with E-state index in [2.05, 4.69) is 5.32 Å². The summed E-state index contributed by atoms with van der Waals surface area (Å²) in [6.07, 6.45) is 1.60. The lowest BCUT2D eigenvalue weighted by Gasteiger charge is -2.12. The van der Waals surface area contributed by atoms with Crippen molar-refractivity contribution >= 4 is 28.8 Å². The van der Waals surface area contributed by atoms with Crippen molar-refractivity contribution in [2.24, 2.45) is 0 Å². The van der Waals surface area contributed by atoms with E-state index in [9.17, 15) is 14.0 Å². The van der Waals surface area contributed by atoms with Gasteiger partial charge in [0.15, 0.2) is 0 Å². The first-order valence-corrected chi connectivity index (χ1v) is 9.24. The Morgan fingerprint density at radius 3 is 2.43 bits per heavy atom. The standard InChI is InChI=1S/C23H19FN2O4/c1-29-17-9-5-15-6-10-21(30-2)19(18(15)11-17)12-20-22(27)26(23(28)25-20)13-14-3-7-16(24)8-4-14/h3-12H,13H2,1-2H3,(H,25,28). The summed E-state index contributed by atoms with van der Waals surface area (Å²) in [5.74, 6) is 0.374. The van der Waals surface area contributed by atoms with Crippen LogP contribution in [0.1, 0.15) is 11.1 Å². The highest BCUT2D eigenvalue weighted by molar-refractivity contribution is 6.14. The number of rotatable bonds is 5. The molecule has 3 aromatic rings. The summed E-state index contributed by atoms with van der Waals surface area (Å²) in [7, 11) is 3.12. The Morgan fingerprint density at radius 1 is 1.00 bits per heavy atom. The van der Waals surface area contributed by atoms with E-state index in [-0.39, 0.29) is 18.1 Å². The van der Waals surface area contributed by atoms with Gasteiger partial charge in [-0.2, -0.15) is 0 Å². The zero-order valence-corrected chi connectivity index (χ0v) is 16.4. The number of halogens is 1. The SMILES string of the molecule is COc1ccc2ccc(OC)c(C=C3NC(=O)N(Cc4ccc(F)cc4)C3=O)c2c1. The second-order valence-corrected chi connectivity index (χ2v) is 6.77. The van der Waals surface area contributed by atoms with Gasteiger partial charge in [0.05, 0.1) is 20.8 Å². The predicted octanol–water partition coefficient (Wildman–Crippen LogP) is 4.09. The summed E-state index contributed by atoms with van der Waals surface area (Å²) < 4.78 is 23.9. The number of hydrogen-bond acceptors (Lipinski definition) is 4. The van der Waals surface area contributed by atoms with Crippen molar-refractivity contribution in [3.05, 3.63) is 77.2 Å². The Labute approximate surface area is 172 Å². The molecule has 0 aliphatic carbocycles. The van der Waals surface area contributed by atoms with Crippen LogP contribution in [0, 0.1) is 5.82 Å². The number of benzene rings is 3. The quantitative estimate of drug-likeness (QED) is 0.512. The van der Waals surface area contributed by atoms with Crippen LogP contribution >= 0.6 is 0 Å². The van der Waals surface area contributed by atoms with Crippen molar-refractivity contribution < 1.29 is 23.5 Å². The summed E-state index contributed by atoms with van der Waals surface area (Å²) in [5, 5.41) is 4.37. The zero-order valence-electron chi connectivity index (χ0n) is 16.4. The molecule has 0 saturated carbocycles. The van der Waals surface area contributed by atoms with Gasteiger partial charge in [0.25, 0.3) is 5.91 Å². The monoisotopic (exact) mass is 406 g/mol. The first-order chi connectivity index (χ1) is 14.5. The highest BCUT2D eigenvalue weighted by atomic mass is 19.1. The number of hydrogen-bond donors (Lipinski definition) is 1. The van der Waals surface area contributed by atoms with E-state index in [4.69, 9.17) is 9.47 Å². The van der Waals surface area contributed by atoms with Crippen molar-refractivity contribution in [1.82, 2.24) is 10.2 Å². The van der Waals surface area contributed by atoms with Gasteiger partial charge in [-0.05, 0) is 52.7 Å². The Morgan fingerprint density at radius 2 is 1.73 bits per heavy atom. The van der Waals surface area contributed by atoms with E-state index >= 15 is 0 Å². The average Bonchev–Trinajstić information content (AvgIpc) is 3.02. The Bertz CT molecular complexity index is 1170. The van der Waals surface area contributed by atoms with Gasteiger partial charge in [-0.25, -0.2) is 9.18 Å². The molecule has 1 N–H and O–H groups in total. The van der Waals surface area contributed by atoms with E-state index in [1.165, 1.54) is 24.3 Å². The fraction of sp³-hybridized carbons (Fsp3) is 0.130. The number of nitrogens with one attached hydrogen (secondary N) is 1. The largest absolute Gasteiger partial charge is 0.497 e. The van der Waals surface area contributed by atoms with E-state index in [0.717, 1.165) is 15.7 Å². The Kier molecular flexibility index (Phi) is 5.10. The second kappa shape index (κ2) is 7.87. The van der Waals surface area contributed by atoms with Crippen LogP contribution in [0.5, 0.6) is 11.5 Å². The maximum Gasteiger partial charge on any atom is 0.329 e. The van der Waals surface area contributed by atoms with Gasteiger partial charge in [-0.3, -0.25) is 9.69 Å². The molecule has 152 valence electrons. The van der Waals surface area contributed by atoms with Crippen LogP contribution in [0.15, 0.2) is 60.3 Å². The molecule has 4 rings (SSSR count). The third kappa shape index (κ3) is 3.57. The summed E-state index contributed by atoms with van der Waals surface area (Å²) in [6.45, 7) is 0.0444. The van der Waals surface area contributed by atoms with Crippen molar-refractivity contribution in [3.8, 4) is 11.5 Å². The number of amides is 3. The van der Waals surface area contributed by atoms with Gasteiger partial charge < -0.3 is 14.8 Å². The highest BCUT2D eigenvalue weighted by Gasteiger charge is 2.33. The maximum absolute atomic E-state index is 13.1. The van der Waals surface area contributed by atoms with Gasteiger partial charge in [0.2, 0.25) is 0 Å². The van der Waals surface area contributed by atoms with Crippen LogP contribution in [0.2, 0.25) is 0 Å². The number of nitrogens with zero attached hydrogens (tertiary/aromatic N) is 1. The summed E-state index contributed by atoms with van der Waals surface area (Å²) in [6, 6.07) is 14.4. The van der Waals surface area contributed by atoms with Crippen molar-refractivity contribution in [2.75, 3.05) is 14.2 Å². The summed E-state index contributed by atoms with van der Waals surface area (Å²) >= 11 is 0. The molecular formula is C23H19FN2O4. The molecule has 0 radical (unpaired) electrons. The number of ether oxygens (including phenoxy) is 2. The first kappa shape index (κ1) is 19.4. The van der Waals surface area contributed by atoms with E-state index < -0.39 is 11.9 Å². The normalized spacial score (nSPS) is 15.0. The maximum atomic E-state index is 13.1. The van der Waals surface area contributed by atoms with Gasteiger partial charge in [-0.1, -0.05) is 24.3 Å². The van der Waals surface area contributed by atoms with Crippen molar-refractivity contribution in [2.45, 2.75) is 6.54 Å². The third-order valence-electron chi connectivity index (χ3n) is 4.96. The third-order valence-corrected chi connectivity index (χ3v) is 4.96. The molecule has 0 aromatic heterocycles. The molecule has 0 atom stereocenters. The van der Waals surface area contributed by atoms with Crippen LogP contribution in [-0.2, 0) is 11.3 Å². The fourth-order valence-electron chi connectivity index (χ4n) is 3.39. The molecule has 1 aliphatic rings. The molecule has 0 unspecified atom stereocenters. The Balaban J connectivity index is 1.72. The zero-order chi connectivity index (χ0) is 21.3. The molecule has 3 aromatic carbocycles. The summed E-state index contributed by atoms with van der Waals surface area (Å²) in [5.41, 5.74) is 1.44. The lowest BCUT2D eigenvalue weighted by Crippen LogP contribution is -2.30. The number of fused-ring (bicyclic) bond motifs is 1. The molecule has 1 saturated heterocycles. The molecule has 1 fully saturated rings. The lowest BCUT2D eigenvalue weighted by molar-refractivity contribution is -0.123. The molecule has 3 amide bonds. The van der Waals surface area contributed by atoms with Crippen LogP contribution in [-0.4, -0.2) is 31.1 Å². The highest BCUT2D eigenvalue weighted by Crippen LogP contribution is 2.33. The van der Waals surface area contributed by atoms with Crippen LogP contribution in [0.3, 0.4) is 0 Å². The van der Waals surface area contributed by atoms with Crippen LogP contribution < -0.4 is 14.8 Å². The van der Waals surface area contributed by atoms with Crippen LogP contribution in [0.25, 0.3) is 16.8 Å². The molecule has 0 spiro atoms. The smallest absolute Gasteiger partial charge is 0.329 e. The minimum atomic E-state index is -0.535. The molecular weight excluding hydrogens is 387 g/mol. The van der Waals surface area contributed by atoms with E-state index in [0.29, 0.717) is 22.6 Å². The average molecular weight is 406 g/mol. The van der Waals surface area contributed by atoms with Gasteiger partial charge in [0, 0.05) is 5.56 Å². The number of urea groups is 1. The lowest BCUT2D eigenvalue weighted by atomic mass is 10.0. The van der Waals surface area contributed by atoms with E-state index in [1.54, 1.807) is 26.4 Å². The van der Waals surface area contributed by atoms with Crippen LogP contribution in [0.4, 0.5) is 9.18 Å². The number of carbonyl (C=O) groups is 2. The molecule has 30 heavy (non-hydrogen) atoms. The molecule has 6 nitrogen and oxygen atoms in total. The van der Waals surface area contributed by atoms with E-state index in [1.807, 2.05) is 24.3 Å². The van der Waals surface area contributed by atoms with Gasteiger partial charge in [0.1, 0.15) is 23.0 Å². The molecule has 1 heterocycles. The second-order valence-electron chi connectivity index (χ2n) is 6.77. The Hall–Kier alpha value is -3.87. The number of carbonyl (C=O) groups excluding carboxylic acids is 2. The minimum absolute atomic E-state index is 0.0444.